The number of carbonyl (C=O) groups is 1. The van der Waals surface area contributed by atoms with Crippen LogP contribution in [0.5, 0.6) is 11.5 Å². The van der Waals surface area contributed by atoms with Crippen LogP contribution in [-0.4, -0.2) is 23.7 Å². The lowest BCUT2D eigenvalue weighted by Gasteiger charge is -2.15. The van der Waals surface area contributed by atoms with Crippen molar-refractivity contribution in [1.29, 1.82) is 5.26 Å². The molecule has 23 heavy (non-hydrogen) atoms. The Kier molecular flexibility index (Phi) is 5.73. The molecule has 0 saturated carbocycles. The van der Waals surface area contributed by atoms with E-state index in [-0.39, 0.29) is 18.6 Å². The molecule has 0 spiro atoms. The number of nitrogens with one attached hydrogen (secondary N) is 1. The Hall–Kier alpha value is -2.84. The molecule has 0 heterocycles. The van der Waals surface area contributed by atoms with Gasteiger partial charge in [0.15, 0.2) is 0 Å². The van der Waals surface area contributed by atoms with Crippen molar-refractivity contribution in [3.8, 4) is 17.6 Å². The fraction of sp³-hybridized carbons (Fsp3) is 0.222. The summed E-state index contributed by atoms with van der Waals surface area (Å²) < 4.78 is 5.76. The van der Waals surface area contributed by atoms with Gasteiger partial charge in [-0.2, -0.15) is 5.26 Å². The van der Waals surface area contributed by atoms with Crippen LogP contribution in [0.1, 0.15) is 29.3 Å². The van der Waals surface area contributed by atoms with Gasteiger partial charge in [-0.25, -0.2) is 0 Å². The lowest BCUT2D eigenvalue weighted by Crippen LogP contribution is -2.33. The number of benzene rings is 2. The lowest BCUT2D eigenvalue weighted by atomic mass is 10.1. The molecule has 0 unspecified atom stereocenters. The average molecular weight is 310 g/mol. The standard InChI is InChI=1S/C18H18N2O3/c1-13(10-11-21)20-18(22)15-7-3-5-9-17(15)23-16-8-4-2-6-14(16)12-19/h2-9,13,21H,10-11H2,1H3,(H,20,22)/t13-/m1/s1. The Bertz CT molecular complexity index is 722. The maximum atomic E-state index is 12.4. The first-order valence-corrected chi connectivity index (χ1v) is 7.33. The highest BCUT2D eigenvalue weighted by Crippen LogP contribution is 2.27. The molecule has 1 amide bonds. The summed E-state index contributed by atoms with van der Waals surface area (Å²) in [5.74, 6) is 0.499. The number of rotatable bonds is 6. The maximum absolute atomic E-state index is 12.4. The topological polar surface area (TPSA) is 82.3 Å². The van der Waals surface area contributed by atoms with E-state index in [2.05, 4.69) is 11.4 Å². The van der Waals surface area contributed by atoms with E-state index in [0.717, 1.165) is 0 Å². The summed E-state index contributed by atoms with van der Waals surface area (Å²) in [6.07, 6.45) is 0.478. The summed E-state index contributed by atoms with van der Waals surface area (Å²) in [4.78, 5) is 12.4. The Balaban J connectivity index is 2.24. The second-order valence-corrected chi connectivity index (χ2v) is 5.09. The molecule has 5 nitrogen and oxygen atoms in total. The summed E-state index contributed by atoms with van der Waals surface area (Å²) in [6, 6.07) is 15.6. The smallest absolute Gasteiger partial charge is 0.255 e. The van der Waals surface area contributed by atoms with Gasteiger partial charge < -0.3 is 15.2 Å². The van der Waals surface area contributed by atoms with Gasteiger partial charge >= 0.3 is 0 Å². The molecule has 2 aromatic carbocycles. The second kappa shape index (κ2) is 7.97. The summed E-state index contributed by atoms with van der Waals surface area (Å²) in [5, 5.41) is 20.8. The normalized spacial score (nSPS) is 11.3. The van der Waals surface area contributed by atoms with Crippen molar-refractivity contribution in [1.82, 2.24) is 5.32 Å². The van der Waals surface area contributed by atoms with Crippen molar-refractivity contribution in [2.75, 3.05) is 6.61 Å². The highest BCUT2D eigenvalue weighted by Gasteiger charge is 2.15. The van der Waals surface area contributed by atoms with Crippen LogP contribution in [0.25, 0.3) is 0 Å². The van der Waals surface area contributed by atoms with E-state index in [4.69, 9.17) is 15.1 Å². The quantitative estimate of drug-likeness (QED) is 0.859. The van der Waals surface area contributed by atoms with Crippen LogP contribution in [0.4, 0.5) is 0 Å². The summed E-state index contributed by atoms with van der Waals surface area (Å²) >= 11 is 0. The summed E-state index contributed by atoms with van der Waals surface area (Å²) in [5.41, 5.74) is 0.779. The van der Waals surface area contributed by atoms with Gasteiger partial charge in [-0.05, 0) is 37.6 Å². The van der Waals surface area contributed by atoms with E-state index in [0.29, 0.717) is 29.0 Å². The van der Waals surface area contributed by atoms with Crippen LogP contribution in [-0.2, 0) is 0 Å². The van der Waals surface area contributed by atoms with Gasteiger partial charge in [0.1, 0.15) is 17.6 Å². The van der Waals surface area contributed by atoms with Crippen LogP contribution < -0.4 is 10.1 Å². The van der Waals surface area contributed by atoms with Crippen molar-refractivity contribution in [2.24, 2.45) is 0 Å². The van der Waals surface area contributed by atoms with Crippen molar-refractivity contribution in [3.63, 3.8) is 0 Å². The zero-order chi connectivity index (χ0) is 16.7. The third-order valence-electron chi connectivity index (χ3n) is 3.30. The Morgan fingerprint density at radius 1 is 1.22 bits per heavy atom. The number of hydrogen-bond donors (Lipinski definition) is 2. The van der Waals surface area contributed by atoms with E-state index in [9.17, 15) is 4.79 Å². The van der Waals surface area contributed by atoms with Crippen LogP contribution in [0.15, 0.2) is 48.5 Å². The van der Waals surface area contributed by atoms with Crippen LogP contribution >= 0.6 is 0 Å². The monoisotopic (exact) mass is 310 g/mol. The van der Waals surface area contributed by atoms with Gasteiger partial charge in [0.05, 0.1) is 11.1 Å². The molecule has 0 aromatic heterocycles. The fourth-order valence-corrected chi connectivity index (χ4v) is 2.08. The highest BCUT2D eigenvalue weighted by molar-refractivity contribution is 5.97. The number of ether oxygens (including phenoxy) is 1. The highest BCUT2D eigenvalue weighted by atomic mass is 16.5. The number of amides is 1. The first-order chi connectivity index (χ1) is 11.2. The molecular formula is C18H18N2O3. The maximum Gasteiger partial charge on any atom is 0.255 e. The van der Waals surface area contributed by atoms with E-state index >= 15 is 0 Å². The van der Waals surface area contributed by atoms with Gasteiger partial charge in [-0.1, -0.05) is 24.3 Å². The minimum atomic E-state index is -0.281. The van der Waals surface area contributed by atoms with E-state index < -0.39 is 0 Å². The molecule has 118 valence electrons. The molecule has 0 fully saturated rings. The molecule has 0 radical (unpaired) electrons. The zero-order valence-electron chi connectivity index (χ0n) is 12.8. The molecule has 2 rings (SSSR count). The number of carbonyl (C=O) groups excluding carboxylic acids is 1. The van der Waals surface area contributed by atoms with Crippen molar-refractivity contribution in [3.05, 3.63) is 59.7 Å². The fourth-order valence-electron chi connectivity index (χ4n) is 2.08. The van der Waals surface area contributed by atoms with E-state index in [1.54, 1.807) is 48.5 Å². The van der Waals surface area contributed by atoms with Crippen molar-refractivity contribution >= 4 is 5.91 Å². The minimum absolute atomic E-state index is 0.00907. The first-order valence-electron chi connectivity index (χ1n) is 7.33. The first kappa shape index (κ1) is 16.5. The van der Waals surface area contributed by atoms with E-state index in [1.807, 2.05) is 6.92 Å². The second-order valence-electron chi connectivity index (χ2n) is 5.09. The third-order valence-corrected chi connectivity index (χ3v) is 3.30. The number of aliphatic hydroxyl groups excluding tert-OH is 1. The molecule has 0 aliphatic carbocycles. The third kappa shape index (κ3) is 4.31. The molecule has 5 heteroatoms. The zero-order valence-corrected chi connectivity index (χ0v) is 12.8. The molecule has 0 aliphatic rings. The van der Waals surface area contributed by atoms with Gasteiger partial charge in [-0.3, -0.25) is 4.79 Å². The van der Waals surface area contributed by atoms with Crippen LogP contribution in [0.3, 0.4) is 0 Å². The van der Waals surface area contributed by atoms with Gasteiger partial charge in [0.2, 0.25) is 0 Å². The number of nitrogens with zero attached hydrogens (tertiary/aromatic N) is 1. The molecule has 2 aromatic rings. The Labute approximate surface area is 135 Å². The Morgan fingerprint density at radius 2 is 1.87 bits per heavy atom. The largest absolute Gasteiger partial charge is 0.455 e. The van der Waals surface area contributed by atoms with Gasteiger partial charge in [0.25, 0.3) is 5.91 Å². The molecular weight excluding hydrogens is 292 g/mol. The lowest BCUT2D eigenvalue weighted by molar-refractivity contribution is 0.0932. The minimum Gasteiger partial charge on any atom is -0.455 e. The predicted molar refractivity (Wildman–Crippen MR) is 86.3 cm³/mol. The van der Waals surface area contributed by atoms with Crippen molar-refractivity contribution < 1.29 is 14.6 Å². The molecule has 1 atom stereocenters. The van der Waals surface area contributed by atoms with Crippen LogP contribution in [0.2, 0.25) is 0 Å². The molecule has 0 saturated heterocycles. The Morgan fingerprint density at radius 3 is 2.57 bits per heavy atom. The van der Waals surface area contributed by atoms with Gasteiger partial charge in [-0.15, -0.1) is 0 Å². The van der Waals surface area contributed by atoms with Crippen molar-refractivity contribution in [2.45, 2.75) is 19.4 Å². The molecule has 0 bridgehead atoms. The average Bonchev–Trinajstić information content (AvgIpc) is 2.56. The SMILES string of the molecule is C[C@H](CCO)NC(=O)c1ccccc1Oc1ccccc1C#N. The predicted octanol–water partition coefficient (Wildman–Crippen LogP) is 2.85. The summed E-state index contributed by atoms with van der Waals surface area (Å²) in [6.45, 7) is 1.83. The summed E-state index contributed by atoms with van der Waals surface area (Å²) in [7, 11) is 0. The van der Waals surface area contributed by atoms with Gasteiger partial charge in [0, 0.05) is 12.6 Å². The number of aliphatic hydroxyl groups is 1. The molecule has 0 aliphatic heterocycles. The number of nitriles is 1. The number of para-hydroxylation sites is 2. The van der Waals surface area contributed by atoms with Crippen LogP contribution in [0, 0.1) is 11.3 Å². The molecule has 2 N–H and O–H groups in total. The number of hydrogen-bond acceptors (Lipinski definition) is 4. The van der Waals surface area contributed by atoms with E-state index in [1.165, 1.54) is 0 Å².